The minimum atomic E-state index is 0.00829. The average molecular weight is 307 g/mol. The van der Waals surface area contributed by atoms with Crippen LogP contribution in [0.15, 0.2) is 29.6 Å². The van der Waals surface area contributed by atoms with Crippen LogP contribution in [0.25, 0.3) is 0 Å². The van der Waals surface area contributed by atoms with E-state index >= 15 is 0 Å². The number of carbonyl (C=O) groups is 1. The highest BCUT2D eigenvalue weighted by molar-refractivity contribution is 7.13. The molecule has 106 valence electrons. The molecule has 0 atom stereocenters. The Kier molecular flexibility index (Phi) is 4.36. The molecule has 0 N–H and O–H groups in total. The molecule has 0 aliphatic rings. The van der Waals surface area contributed by atoms with E-state index in [-0.39, 0.29) is 11.2 Å². The van der Waals surface area contributed by atoms with Crippen molar-refractivity contribution >= 4 is 28.7 Å². The summed E-state index contributed by atoms with van der Waals surface area (Å²) in [6, 6.07) is 7.90. The van der Waals surface area contributed by atoms with Gasteiger partial charge >= 0.3 is 0 Å². The van der Waals surface area contributed by atoms with Gasteiger partial charge in [-0.2, -0.15) is 0 Å². The smallest absolute Gasteiger partial charge is 0.204 e. The first-order valence-electron chi connectivity index (χ1n) is 6.75. The van der Waals surface area contributed by atoms with E-state index in [2.05, 4.69) is 20.8 Å². The van der Waals surface area contributed by atoms with Gasteiger partial charge in [-0.05, 0) is 35.3 Å². The Morgan fingerprint density at radius 2 is 1.85 bits per heavy atom. The Hall–Kier alpha value is -1.12. The molecule has 0 radical (unpaired) electrons. The fourth-order valence-corrected chi connectivity index (χ4v) is 3.23. The summed E-state index contributed by atoms with van der Waals surface area (Å²) in [5, 5.41) is 2.50. The first-order valence-corrected chi connectivity index (χ1v) is 8.01. The summed E-state index contributed by atoms with van der Waals surface area (Å²) < 4.78 is 0. The first kappa shape index (κ1) is 15.3. The summed E-state index contributed by atoms with van der Waals surface area (Å²) in [6.07, 6.45) is 1.07. The molecule has 0 spiro atoms. The lowest BCUT2D eigenvalue weighted by Crippen LogP contribution is -2.15. The molecule has 2 aromatic rings. The van der Waals surface area contributed by atoms with Gasteiger partial charge in [0, 0.05) is 5.56 Å². The highest BCUT2D eigenvalue weighted by Crippen LogP contribution is 2.31. The fraction of sp³-hybridized carbons (Fsp3) is 0.353. The summed E-state index contributed by atoms with van der Waals surface area (Å²) in [5.74, 6) is 0.00829. The molecule has 0 fully saturated rings. The second-order valence-corrected chi connectivity index (χ2v) is 6.96. The zero-order valence-corrected chi connectivity index (χ0v) is 13.9. The van der Waals surface area contributed by atoms with E-state index in [9.17, 15) is 4.79 Å². The third-order valence-electron chi connectivity index (χ3n) is 3.92. The van der Waals surface area contributed by atoms with Crippen molar-refractivity contribution < 1.29 is 4.79 Å². The maximum Gasteiger partial charge on any atom is 0.204 e. The molecule has 1 aromatic heterocycles. The zero-order chi connectivity index (χ0) is 14.9. The van der Waals surface area contributed by atoms with E-state index in [1.807, 2.05) is 36.6 Å². The number of ketones is 1. The molecule has 0 saturated carbocycles. The molecule has 0 amide bonds. The number of benzene rings is 1. The number of carbonyl (C=O) groups excluding carboxylic acids is 1. The normalized spacial score (nSPS) is 11.7. The van der Waals surface area contributed by atoms with Gasteiger partial charge in [-0.3, -0.25) is 4.79 Å². The zero-order valence-electron chi connectivity index (χ0n) is 12.3. The van der Waals surface area contributed by atoms with E-state index in [1.165, 1.54) is 16.9 Å². The Morgan fingerprint density at radius 1 is 1.25 bits per heavy atom. The standard InChI is InChI=1S/C17H19ClOS/c1-5-17(3,4)13-8-6-12(7-9-13)15(19)16-14(18)11(2)10-20-16/h6-10H,5H2,1-4H3. The molecular weight excluding hydrogens is 288 g/mol. The van der Waals surface area contributed by atoms with Crippen molar-refractivity contribution in [2.24, 2.45) is 0 Å². The number of hydrogen-bond donors (Lipinski definition) is 0. The van der Waals surface area contributed by atoms with E-state index < -0.39 is 0 Å². The lowest BCUT2D eigenvalue weighted by Gasteiger charge is -2.23. The van der Waals surface area contributed by atoms with Gasteiger partial charge in [-0.1, -0.05) is 56.6 Å². The largest absolute Gasteiger partial charge is 0.288 e. The van der Waals surface area contributed by atoms with Gasteiger partial charge < -0.3 is 0 Å². The van der Waals surface area contributed by atoms with Gasteiger partial charge in [-0.25, -0.2) is 0 Å². The molecule has 0 aliphatic heterocycles. The monoisotopic (exact) mass is 306 g/mol. The molecule has 3 heteroatoms. The van der Waals surface area contributed by atoms with Gasteiger partial charge in [0.2, 0.25) is 5.78 Å². The van der Waals surface area contributed by atoms with Crippen molar-refractivity contribution in [3.8, 4) is 0 Å². The molecule has 2 rings (SSSR count). The maximum absolute atomic E-state index is 12.4. The van der Waals surface area contributed by atoms with Gasteiger partial charge in [0.05, 0.1) is 9.90 Å². The fourth-order valence-electron chi connectivity index (χ4n) is 1.99. The molecular formula is C17H19ClOS. The van der Waals surface area contributed by atoms with Crippen LogP contribution in [0.3, 0.4) is 0 Å². The molecule has 0 bridgehead atoms. The van der Waals surface area contributed by atoms with Crippen LogP contribution in [-0.4, -0.2) is 5.78 Å². The van der Waals surface area contributed by atoms with Crippen LogP contribution in [0.2, 0.25) is 5.02 Å². The maximum atomic E-state index is 12.4. The molecule has 1 nitrogen and oxygen atoms in total. The average Bonchev–Trinajstić information content (AvgIpc) is 2.78. The summed E-state index contributed by atoms with van der Waals surface area (Å²) in [7, 11) is 0. The number of thiophene rings is 1. The van der Waals surface area contributed by atoms with Crippen LogP contribution in [0.4, 0.5) is 0 Å². The Morgan fingerprint density at radius 3 is 2.30 bits per heavy atom. The molecule has 1 aromatic carbocycles. The number of aryl methyl sites for hydroxylation is 1. The van der Waals surface area contributed by atoms with Gasteiger partial charge in [0.1, 0.15) is 0 Å². The van der Waals surface area contributed by atoms with Gasteiger partial charge in [-0.15, -0.1) is 11.3 Å². The minimum Gasteiger partial charge on any atom is -0.288 e. The van der Waals surface area contributed by atoms with E-state index in [4.69, 9.17) is 11.6 Å². The second-order valence-electron chi connectivity index (χ2n) is 5.71. The van der Waals surface area contributed by atoms with Gasteiger partial charge in [0.25, 0.3) is 0 Å². The third-order valence-corrected chi connectivity index (χ3v) is 5.61. The number of hydrogen-bond acceptors (Lipinski definition) is 2. The first-order chi connectivity index (χ1) is 9.36. The third kappa shape index (κ3) is 2.82. The summed E-state index contributed by atoms with van der Waals surface area (Å²) in [4.78, 5) is 13.1. The highest BCUT2D eigenvalue weighted by Gasteiger charge is 2.20. The van der Waals surface area contributed by atoms with Crippen LogP contribution in [-0.2, 0) is 5.41 Å². The highest BCUT2D eigenvalue weighted by atomic mass is 35.5. The predicted octanol–water partition coefficient (Wildman–Crippen LogP) is 5.63. The van der Waals surface area contributed by atoms with Crippen molar-refractivity contribution in [3.05, 3.63) is 56.2 Å². The molecule has 0 aliphatic carbocycles. The van der Waals surface area contributed by atoms with Crippen LogP contribution < -0.4 is 0 Å². The summed E-state index contributed by atoms with van der Waals surface area (Å²) in [5.41, 5.74) is 3.05. The molecule has 0 unspecified atom stereocenters. The lowest BCUT2D eigenvalue weighted by molar-refractivity contribution is 0.104. The lowest BCUT2D eigenvalue weighted by atomic mass is 9.82. The van der Waals surface area contributed by atoms with Crippen molar-refractivity contribution in [1.82, 2.24) is 0 Å². The van der Waals surface area contributed by atoms with Crippen LogP contribution in [0.1, 0.15) is 53.6 Å². The second kappa shape index (κ2) is 5.71. The van der Waals surface area contributed by atoms with Crippen LogP contribution in [0, 0.1) is 6.92 Å². The van der Waals surface area contributed by atoms with E-state index in [1.54, 1.807) is 0 Å². The summed E-state index contributed by atoms with van der Waals surface area (Å²) in [6.45, 7) is 8.52. The summed E-state index contributed by atoms with van der Waals surface area (Å²) >= 11 is 7.58. The minimum absolute atomic E-state index is 0.00829. The molecule has 20 heavy (non-hydrogen) atoms. The predicted molar refractivity (Wildman–Crippen MR) is 87.3 cm³/mol. The molecule has 1 heterocycles. The SMILES string of the molecule is CCC(C)(C)c1ccc(C(=O)c2scc(C)c2Cl)cc1. The quantitative estimate of drug-likeness (QED) is 0.669. The Labute approximate surface area is 129 Å². The van der Waals surface area contributed by atoms with Crippen molar-refractivity contribution in [3.63, 3.8) is 0 Å². The Bertz CT molecular complexity index is 623. The van der Waals surface area contributed by atoms with Crippen molar-refractivity contribution in [1.29, 1.82) is 0 Å². The Balaban J connectivity index is 2.31. The topological polar surface area (TPSA) is 17.1 Å². The van der Waals surface area contributed by atoms with Crippen molar-refractivity contribution in [2.75, 3.05) is 0 Å². The number of halogens is 1. The van der Waals surface area contributed by atoms with Crippen LogP contribution in [0.5, 0.6) is 0 Å². The molecule has 0 saturated heterocycles. The number of rotatable bonds is 4. The van der Waals surface area contributed by atoms with Crippen molar-refractivity contribution in [2.45, 2.75) is 39.5 Å². The van der Waals surface area contributed by atoms with E-state index in [0.717, 1.165) is 12.0 Å². The van der Waals surface area contributed by atoms with Gasteiger partial charge in [0.15, 0.2) is 0 Å². The van der Waals surface area contributed by atoms with E-state index in [0.29, 0.717) is 15.5 Å². The van der Waals surface area contributed by atoms with Crippen LogP contribution >= 0.6 is 22.9 Å².